The molecule has 3 nitrogen and oxygen atoms in total. The predicted molar refractivity (Wildman–Crippen MR) is 128 cm³/mol. The van der Waals surface area contributed by atoms with Gasteiger partial charge in [0.2, 0.25) is 0 Å². The Hall–Kier alpha value is -3.59. The van der Waals surface area contributed by atoms with E-state index in [-0.39, 0.29) is 5.41 Å². The van der Waals surface area contributed by atoms with Crippen LogP contribution in [0.1, 0.15) is 31.9 Å². The Morgan fingerprint density at radius 1 is 0.839 bits per heavy atom. The number of benzene rings is 3. The minimum Gasteiger partial charge on any atom is -0.460 e. The van der Waals surface area contributed by atoms with Crippen molar-refractivity contribution in [3.8, 4) is 11.3 Å². The SMILES string of the molecule is Cc1coc2c1ccc1c2oc2ccnc(-c3cc(C(C)(C)C)c4ccccc4c3)c21. The van der Waals surface area contributed by atoms with Crippen LogP contribution in [0.2, 0.25) is 0 Å². The molecule has 3 heteroatoms. The number of rotatable bonds is 1. The number of hydrogen-bond acceptors (Lipinski definition) is 3. The molecule has 0 amide bonds. The van der Waals surface area contributed by atoms with Gasteiger partial charge in [0.1, 0.15) is 5.58 Å². The second-order valence-corrected chi connectivity index (χ2v) is 9.37. The maximum Gasteiger partial charge on any atom is 0.178 e. The lowest BCUT2D eigenvalue weighted by Crippen LogP contribution is -2.12. The van der Waals surface area contributed by atoms with E-state index in [0.29, 0.717) is 0 Å². The van der Waals surface area contributed by atoms with Crippen LogP contribution >= 0.6 is 0 Å². The monoisotopic (exact) mass is 405 g/mol. The fraction of sp³-hybridized carbons (Fsp3) is 0.179. The Morgan fingerprint density at radius 2 is 1.65 bits per heavy atom. The van der Waals surface area contributed by atoms with Crippen molar-refractivity contribution in [3.63, 3.8) is 0 Å². The first-order valence-electron chi connectivity index (χ1n) is 10.6. The Morgan fingerprint density at radius 3 is 2.48 bits per heavy atom. The molecule has 152 valence electrons. The van der Waals surface area contributed by atoms with E-state index in [9.17, 15) is 0 Å². The molecule has 6 rings (SSSR count). The van der Waals surface area contributed by atoms with Crippen LogP contribution in [0.25, 0.3) is 54.9 Å². The highest BCUT2D eigenvalue weighted by Gasteiger charge is 2.21. The smallest absolute Gasteiger partial charge is 0.178 e. The maximum atomic E-state index is 6.29. The molecule has 0 N–H and O–H groups in total. The minimum atomic E-state index is 0.0137. The molecule has 0 unspecified atom stereocenters. The van der Waals surface area contributed by atoms with Gasteiger partial charge in [0.05, 0.1) is 17.3 Å². The normalized spacial score (nSPS) is 12.5. The summed E-state index contributed by atoms with van der Waals surface area (Å²) in [6.07, 6.45) is 3.62. The summed E-state index contributed by atoms with van der Waals surface area (Å²) in [4.78, 5) is 4.82. The lowest BCUT2D eigenvalue weighted by molar-refractivity contribution is 0.596. The predicted octanol–water partition coefficient (Wildman–Crippen LogP) is 8.15. The zero-order valence-electron chi connectivity index (χ0n) is 18.1. The van der Waals surface area contributed by atoms with Crippen LogP contribution in [-0.4, -0.2) is 4.98 Å². The largest absolute Gasteiger partial charge is 0.460 e. The summed E-state index contributed by atoms with van der Waals surface area (Å²) in [6, 6.07) is 19.3. The van der Waals surface area contributed by atoms with Crippen LogP contribution in [0.5, 0.6) is 0 Å². The third-order valence-electron chi connectivity index (χ3n) is 6.23. The van der Waals surface area contributed by atoms with Gasteiger partial charge in [-0.3, -0.25) is 4.98 Å². The molecule has 3 aromatic heterocycles. The van der Waals surface area contributed by atoms with Crippen molar-refractivity contribution in [2.75, 3.05) is 0 Å². The van der Waals surface area contributed by atoms with Crippen LogP contribution < -0.4 is 0 Å². The fourth-order valence-electron chi connectivity index (χ4n) is 4.69. The molecule has 0 saturated heterocycles. The van der Waals surface area contributed by atoms with Crippen molar-refractivity contribution in [2.45, 2.75) is 33.1 Å². The summed E-state index contributed by atoms with van der Waals surface area (Å²) in [6.45, 7) is 8.83. The van der Waals surface area contributed by atoms with Crippen LogP contribution in [0.4, 0.5) is 0 Å². The Balaban J connectivity index is 1.72. The number of hydrogen-bond donors (Lipinski definition) is 0. The maximum absolute atomic E-state index is 6.29. The second-order valence-electron chi connectivity index (χ2n) is 9.37. The van der Waals surface area contributed by atoms with Crippen LogP contribution in [0.3, 0.4) is 0 Å². The zero-order chi connectivity index (χ0) is 21.3. The molecule has 0 aliphatic carbocycles. The van der Waals surface area contributed by atoms with Gasteiger partial charge in [0, 0.05) is 22.5 Å². The molecule has 3 aromatic carbocycles. The van der Waals surface area contributed by atoms with E-state index in [4.69, 9.17) is 13.8 Å². The number of furan rings is 2. The molecule has 6 aromatic rings. The molecule has 0 bridgehead atoms. The van der Waals surface area contributed by atoms with Crippen molar-refractivity contribution in [3.05, 3.63) is 78.2 Å². The van der Waals surface area contributed by atoms with Gasteiger partial charge in [-0.1, -0.05) is 45.0 Å². The standard InChI is InChI=1S/C28H23NO2/c1-16-15-30-26-19(16)9-10-21-24-23(31-27(21)26)11-12-29-25(24)18-13-17-7-5-6-8-20(17)22(14-18)28(2,3)4/h5-15H,1-4H3. The molecule has 0 spiro atoms. The van der Waals surface area contributed by atoms with Crippen LogP contribution in [0.15, 0.2) is 75.9 Å². The molecule has 0 atom stereocenters. The van der Waals surface area contributed by atoms with E-state index in [1.165, 1.54) is 16.3 Å². The lowest BCUT2D eigenvalue weighted by atomic mass is 9.82. The first-order chi connectivity index (χ1) is 14.9. The first kappa shape index (κ1) is 18.2. The van der Waals surface area contributed by atoms with Gasteiger partial charge < -0.3 is 8.83 Å². The van der Waals surface area contributed by atoms with E-state index < -0.39 is 0 Å². The summed E-state index contributed by atoms with van der Waals surface area (Å²) in [7, 11) is 0. The van der Waals surface area contributed by atoms with Crippen LogP contribution in [-0.2, 0) is 5.41 Å². The van der Waals surface area contributed by atoms with E-state index in [1.54, 1.807) is 6.26 Å². The van der Waals surface area contributed by atoms with Crippen molar-refractivity contribution >= 4 is 43.7 Å². The van der Waals surface area contributed by atoms with Gasteiger partial charge in [0.15, 0.2) is 11.2 Å². The van der Waals surface area contributed by atoms with E-state index in [0.717, 1.165) is 49.7 Å². The molecular weight excluding hydrogens is 382 g/mol. The quantitative estimate of drug-likeness (QED) is 0.277. The topological polar surface area (TPSA) is 39.2 Å². The average molecular weight is 405 g/mol. The summed E-state index contributed by atoms with van der Waals surface area (Å²) < 4.78 is 12.1. The average Bonchev–Trinajstić information content (AvgIpc) is 3.32. The van der Waals surface area contributed by atoms with Gasteiger partial charge in [-0.2, -0.15) is 0 Å². The number of nitrogens with zero attached hydrogens (tertiary/aromatic N) is 1. The molecule has 3 heterocycles. The first-order valence-corrected chi connectivity index (χ1v) is 10.6. The summed E-state index contributed by atoms with van der Waals surface area (Å²) in [5.41, 5.74) is 6.89. The summed E-state index contributed by atoms with van der Waals surface area (Å²) in [5.74, 6) is 0. The Bertz CT molecular complexity index is 1630. The highest BCUT2D eigenvalue weighted by molar-refractivity contribution is 6.17. The third kappa shape index (κ3) is 2.63. The van der Waals surface area contributed by atoms with Gasteiger partial charge in [-0.15, -0.1) is 0 Å². The Labute approximate surface area is 180 Å². The molecular formula is C28H23NO2. The van der Waals surface area contributed by atoms with Gasteiger partial charge in [-0.25, -0.2) is 0 Å². The molecule has 0 aliphatic heterocycles. The zero-order valence-corrected chi connectivity index (χ0v) is 18.1. The minimum absolute atomic E-state index is 0.0137. The number of fused-ring (bicyclic) bond motifs is 6. The number of aromatic nitrogens is 1. The number of aryl methyl sites for hydroxylation is 1. The van der Waals surface area contributed by atoms with Crippen molar-refractivity contribution in [1.82, 2.24) is 4.98 Å². The van der Waals surface area contributed by atoms with Crippen molar-refractivity contribution in [2.24, 2.45) is 0 Å². The lowest BCUT2D eigenvalue weighted by Gasteiger charge is -2.22. The Kier molecular flexibility index (Phi) is 3.64. The highest BCUT2D eigenvalue weighted by Crippen LogP contribution is 2.41. The fourth-order valence-corrected chi connectivity index (χ4v) is 4.69. The van der Waals surface area contributed by atoms with Crippen molar-refractivity contribution in [1.29, 1.82) is 0 Å². The van der Waals surface area contributed by atoms with E-state index in [2.05, 4.69) is 76.2 Å². The third-order valence-corrected chi connectivity index (χ3v) is 6.23. The summed E-state index contributed by atoms with van der Waals surface area (Å²) >= 11 is 0. The van der Waals surface area contributed by atoms with E-state index >= 15 is 0 Å². The van der Waals surface area contributed by atoms with Gasteiger partial charge in [0.25, 0.3) is 0 Å². The highest BCUT2D eigenvalue weighted by atomic mass is 16.4. The van der Waals surface area contributed by atoms with Gasteiger partial charge >= 0.3 is 0 Å². The van der Waals surface area contributed by atoms with E-state index in [1.807, 2.05) is 12.3 Å². The molecule has 0 radical (unpaired) electrons. The molecule has 31 heavy (non-hydrogen) atoms. The molecule has 0 fully saturated rings. The number of pyridine rings is 1. The second kappa shape index (κ2) is 6.21. The van der Waals surface area contributed by atoms with Crippen molar-refractivity contribution < 1.29 is 8.83 Å². The van der Waals surface area contributed by atoms with Gasteiger partial charge in [-0.05, 0) is 64.6 Å². The molecule has 0 saturated carbocycles. The van der Waals surface area contributed by atoms with Crippen LogP contribution in [0, 0.1) is 6.92 Å². The molecule has 0 aliphatic rings. The summed E-state index contributed by atoms with van der Waals surface area (Å²) in [5, 5.41) is 5.66.